The lowest BCUT2D eigenvalue weighted by atomic mass is 9.67. The minimum Gasteiger partial charge on any atom is -0.456 e. The van der Waals surface area contributed by atoms with Crippen LogP contribution in [-0.2, 0) is 5.41 Å². The largest absolute Gasteiger partial charge is 0.456 e. The highest BCUT2D eigenvalue weighted by Gasteiger charge is 2.46. The number of benzene rings is 11. The summed E-state index contributed by atoms with van der Waals surface area (Å²) < 4.78 is 6.18. The number of anilines is 3. The van der Waals surface area contributed by atoms with Gasteiger partial charge in [-0.15, -0.1) is 0 Å². The molecular weight excluding hydrogens is 835 g/mol. The first-order valence-electron chi connectivity index (χ1n) is 23.7. The summed E-state index contributed by atoms with van der Waals surface area (Å²) in [6.45, 7) is 0. The van der Waals surface area contributed by atoms with E-state index in [2.05, 4.69) is 266 Å². The molecule has 0 saturated heterocycles. The smallest absolute Gasteiger partial charge is 0.135 e. The standard InChI is InChI=1S/C67H45NO/c1-4-16-46(17-5-1)47-30-32-48(33-31-47)49-34-39-55(40-35-49)68(56-41-36-50(37-42-56)51-38-43-65-61(45-51)59-24-11-13-29-64(59)69-65)57-23-14-18-52(44-57)58-26-15-28-63-66(58)60-25-10-12-27-62(60)67(63,53-19-6-2-7-20-53)54-21-8-3-9-22-54/h1-45H. The van der Waals surface area contributed by atoms with Crippen molar-refractivity contribution in [3.05, 3.63) is 295 Å². The van der Waals surface area contributed by atoms with Gasteiger partial charge in [-0.2, -0.15) is 0 Å². The van der Waals surface area contributed by atoms with Crippen LogP contribution >= 0.6 is 0 Å². The maximum absolute atomic E-state index is 6.18. The Morgan fingerprint density at radius 3 is 1.41 bits per heavy atom. The van der Waals surface area contributed by atoms with Gasteiger partial charge in [0.25, 0.3) is 0 Å². The summed E-state index contributed by atoms with van der Waals surface area (Å²) in [5.41, 5.74) is 21.7. The molecule has 1 aromatic heterocycles. The van der Waals surface area contributed by atoms with Gasteiger partial charge in [0.15, 0.2) is 0 Å². The Morgan fingerprint density at radius 2 is 0.739 bits per heavy atom. The van der Waals surface area contributed by atoms with E-state index >= 15 is 0 Å². The van der Waals surface area contributed by atoms with Crippen LogP contribution in [0.25, 0.3) is 77.6 Å². The minimum absolute atomic E-state index is 0.477. The first-order chi connectivity index (χ1) is 34.2. The maximum atomic E-state index is 6.18. The number of furan rings is 1. The van der Waals surface area contributed by atoms with Crippen LogP contribution in [0.3, 0.4) is 0 Å². The Labute approximate surface area is 402 Å². The lowest BCUT2D eigenvalue weighted by Gasteiger charge is -2.34. The van der Waals surface area contributed by atoms with E-state index in [1.165, 1.54) is 61.2 Å². The lowest BCUT2D eigenvalue weighted by molar-refractivity contribution is 0.669. The van der Waals surface area contributed by atoms with Crippen LogP contribution < -0.4 is 4.90 Å². The number of hydrogen-bond acceptors (Lipinski definition) is 2. The zero-order valence-electron chi connectivity index (χ0n) is 37.8. The molecule has 2 heteroatoms. The van der Waals surface area contributed by atoms with Gasteiger partial charge in [-0.3, -0.25) is 0 Å². The average Bonchev–Trinajstić information content (AvgIpc) is 3.96. The van der Waals surface area contributed by atoms with E-state index in [0.717, 1.165) is 55.7 Å². The fraction of sp³-hybridized carbons (Fsp3) is 0.0149. The van der Waals surface area contributed by atoms with Crippen molar-refractivity contribution in [2.24, 2.45) is 0 Å². The van der Waals surface area contributed by atoms with E-state index < -0.39 is 5.41 Å². The number of nitrogens with zero attached hydrogens (tertiary/aromatic N) is 1. The van der Waals surface area contributed by atoms with Crippen molar-refractivity contribution in [3.8, 4) is 55.6 Å². The molecule has 2 nitrogen and oxygen atoms in total. The van der Waals surface area contributed by atoms with Gasteiger partial charge in [-0.1, -0.05) is 218 Å². The lowest BCUT2D eigenvalue weighted by Crippen LogP contribution is -2.28. The van der Waals surface area contributed by atoms with Gasteiger partial charge in [0.1, 0.15) is 11.2 Å². The second-order valence-electron chi connectivity index (χ2n) is 18.0. The minimum atomic E-state index is -0.477. The Morgan fingerprint density at radius 1 is 0.275 bits per heavy atom. The van der Waals surface area contributed by atoms with Crippen molar-refractivity contribution >= 4 is 39.0 Å². The van der Waals surface area contributed by atoms with Crippen LogP contribution in [0.5, 0.6) is 0 Å². The molecule has 324 valence electrons. The second kappa shape index (κ2) is 16.7. The molecular formula is C67H45NO. The third-order valence-corrected chi connectivity index (χ3v) is 14.2. The number of rotatable bonds is 9. The Bertz CT molecular complexity index is 3760. The molecule has 0 N–H and O–H groups in total. The van der Waals surface area contributed by atoms with Crippen LogP contribution in [0, 0.1) is 0 Å². The molecule has 0 radical (unpaired) electrons. The van der Waals surface area contributed by atoms with Gasteiger partial charge in [-0.05, 0) is 132 Å². The summed E-state index contributed by atoms with van der Waals surface area (Å²) in [5.74, 6) is 0. The van der Waals surface area contributed by atoms with E-state index in [4.69, 9.17) is 4.42 Å². The topological polar surface area (TPSA) is 16.4 Å². The third-order valence-electron chi connectivity index (χ3n) is 14.2. The predicted molar refractivity (Wildman–Crippen MR) is 287 cm³/mol. The van der Waals surface area contributed by atoms with Crippen LogP contribution in [0.2, 0.25) is 0 Å². The number of hydrogen-bond donors (Lipinski definition) is 0. The monoisotopic (exact) mass is 879 g/mol. The maximum Gasteiger partial charge on any atom is 0.135 e. The van der Waals surface area contributed by atoms with E-state index in [0.29, 0.717) is 0 Å². The van der Waals surface area contributed by atoms with Crippen molar-refractivity contribution in [2.45, 2.75) is 5.41 Å². The van der Waals surface area contributed by atoms with E-state index in [-0.39, 0.29) is 0 Å². The molecule has 12 aromatic rings. The fourth-order valence-corrected chi connectivity index (χ4v) is 11.0. The van der Waals surface area contributed by atoms with E-state index in [1.54, 1.807) is 0 Å². The van der Waals surface area contributed by atoms with Crippen molar-refractivity contribution < 1.29 is 4.42 Å². The molecule has 0 aliphatic heterocycles. The molecule has 69 heavy (non-hydrogen) atoms. The molecule has 1 aliphatic rings. The third kappa shape index (κ3) is 6.80. The van der Waals surface area contributed by atoms with Crippen LogP contribution in [-0.4, -0.2) is 0 Å². The van der Waals surface area contributed by atoms with Gasteiger partial charge >= 0.3 is 0 Å². The second-order valence-corrected chi connectivity index (χ2v) is 18.0. The highest BCUT2D eigenvalue weighted by Crippen LogP contribution is 2.58. The Hall–Kier alpha value is -8.98. The molecule has 0 atom stereocenters. The highest BCUT2D eigenvalue weighted by atomic mass is 16.3. The molecule has 0 bridgehead atoms. The normalized spacial score (nSPS) is 12.5. The van der Waals surface area contributed by atoms with Crippen molar-refractivity contribution in [2.75, 3.05) is 4.90 Å². The quantitative estimate of drug-likeness (QED) is 0.144. The molecule has 0 amide bonds. The summed E-state index contributed by atoms with van der Waals surface area (Å²) in [4.78, 5) is 2.39. The number of para-hydroxylation sites is 1. The van der Waals surface area contributed by atoms with Crippen LogP contribution in [0.15, 0.2) is 277 Å². The first kappa shape index (κ1) is 40.3. The van der Waals surface area contributed by atoms with E-state index in [9.17, 15) is 0 Å². The molecule has 0 unspecified atom stereocenters. The van der Waals surface area contributed by atoms with Crippen LogP contribution in [0.4, 0.5) is 17.1 Å². The average molecular weight is 880 g/mol. The van der Waals surface area contributed by atoms with Gasteiger partial charge < -0.3 is 9.32 Å². The van der Waals surface area contributed by atoms with Crippen LogP contribution in [0.1, 0.15) is 22.3 Å². The van der Waals surface area contributed by atoms with Gasteiger partial charge in [0, 0.05) is 27.8 Å². The zero-order chi connectivity index (χ0) is 45.7. The summed E-state index contributed by atoms with van der Waals surface area (Å²) in [6.07, 6.45) is 0. The molecule has 0 spiro atoms. The fourth-order valence-electron chi connectivity index (χ4n) is 11.0. The van der Waals surface area contributed by atoms with Gasteiger partial charge in [0.2, 0.25) is 0 Å². The van der Waals surface area contributed by atoms with Crippen molar-refractivity contribution in [3.63, 3.8) is 0 Å². The Balaban J connectivity index is 0.931. The SMILES string of the molecule is c1ccc(-c2ccc(-c3ccc(N(c4ccc(-c5ccc6oc7ccccc7c6c5)cc4)c4cccc(-c5cccc6c5-c5ccccc5C6(c5ccccc5)c5ccccc5)c4)cc3)cc2)cc1. The van der Waals surface area contributed by atoms with Gasteiger partial charge in [0.05, 0.1) is 5.41 Å². The zero-order valence-corrected chi connectivity index (χ0v) is 37.8. The molecule has 0 fully saturated rings. The highest BCUT2D eigenvalue weighted by molar-refractivity contribution is 6.06. The van der Waals surface area contributed by atoms with Crippen molar-refractivity contribution in [1.82, 2.24) is 0 Å². The first-order valence-corrected chi connectivity index (χ1v) is 23.7. The van der Waals surface area contributed by atoms with Gasteiger partial charge in [-0.25, -0.2) is 0 Å². The van der Waals surface area contributed by atoms with E-state index in [1.807, 2.05) is 12.1 Å². The molecule has 11 aromatic carbocycles. The summed E-state index contributed by atoms with van der Waals surface area (Å²) >= 11 is 0. The Kier molecular flexibility index (Phi) is 9.77. The molecule has 1 aliphatic carbocycles. The molecule has 13 rings (SSSR count). The number of fused-ring (bicyclic) bond motifs is 6. The molecule has 0 saturated carbocycles. The predicted octanol–water partition coefficient (Wildman–Crippen LogP) is 18.1. The molecule has 1 heterocycles. The van der Waals surface area contributed by atoms with Crippen molar-refractivity contribution in [1.29, 1.82) is 0 Å². The summed E-state index contributed by atoms with van der Waals surface area (Å²) in [6, 6.07) is 99.3. The summed E-state index contributed by atoms with van der Waals surface area (Å²) in [5, 5.41) is 2.26. The summed E-state index contributed by atoms with van der Waals surface area (Å²) in [7, 11) is 0.